The largest absolute Gasteiger partial charge is 0.476 e. The molecule has 1 N–H and O–H groups in total. The van der Waals surface area contributed by atoms with Crippen LogP contribution in [0.25, 0.3) is 11.3 Å². The molecule has 0 saturated heterocycles. The van der Waals surface area contributed by atoms with Gasteiger partial charge in [0, 0.05) is 17.0 Å². The van der Waals surface area contributed by atoms with Gasteiger partial charge in [0.1, 0.15) is 0 Å². The van der Waals surface area contributed by atoms with Gasteiger partial charge in [0.15, 0.2) is 17.3 Å². The van der Waals surface area contributed by atoms with Crippen molar-refractivity contribution in [2.24, 2.45) is 0 Å². The van der Waals surface area contributed by atoms with Crippen molar-refractivity contribution >= 4 is 5.97 Å². The Bertz CT molecular complexity index is 821. The number of aromatic carboxylic acids is 1. The van der Waals surface area contributed by atoms with Crippen molar-refractivity contribution in [1.29, 1.82) is 0 Å². The molecule has 0 atom stereocenters. The van der Waals surface area contributed by atoms with Crippen molar-refractivity contribution < 1.29 is 18.9 Å². The number of rotatable bonds is 5. The SMILES string of the molecule is CC(C)c1noc(Cc2c(C(=O)O)noc2-c2ccccc2)n1. The van der Waals surface area contributed by atoms with E-state index in [1.54, 1.807) is 0 Å². The summed E-state index contributed by atoms with van der Waals surface area (Å²) < 4.78 is 10.5. The lowest BCUT2D eigenvalue weighted by atomic mass is 10.0. The molecule has 0 aliphatic carbocycles. The standard InChI is InChI=1S/C16H15N3O4/c1-9(2)15-17-12(22-19-15)8-11-13(16(20)21)18-23-14(11)10-6-4-3-5-7-10/h3-7,9H,8H2,1-2H3,(H,20,21). The minimum Gasteiger partial charge on any atom is -0.476 e. The first-order valence-corrected chi connectivity index (χ1v) is 7.16. The van der Waals surface area contributed by atoms with Crippen LogP contribution in [-0.4, -0.2) is 26.4 Å². The van der Waals surface area contributed by atoms with E-state index < -0.39 is 5.97 Å². The van der Waals surface area contributed by atoms with Gasteiger partial charge in [0.2, 0.25) is 5.89 Å². The molecule has 7 heteroatoms. The predicted molar refractivity (Wildman–Crippen MR) is 80.1 cm³/mol. The molecule has 0 bridgehead atoms. The third-order valence-electron chi connectivity index (χ3n) is 3.35. The fraction of sp³-hybridized carbons (Fsp3) is 0.250. The fourth-order valence-corrected chi connectivity index (χ4v) is 2.18. The third-order valence-corrected chi connectivity index (χ3v) is 3.35. The van der Waals surface area contributed by atoms with Gasteiger partial charge in [-0.2, -0.15) is 4.98 Å². The predicted octanol–water partition coefficient (Wildman–Crippen LogP) is 3.14. The molecule has 0 fully saturated rings. The zero-order valence-electron chi connectivity index (χ0n) is 12.7. The Morgan fingerprint density at radius 3 is 2.52 bits per heavy atom. The normalized spacial score (nSPS) is 11.1. The number of aromatic nitrogens is 3. The van der Waals surface area contributed by atoms with E-state index in [9.17, 15) is 9.90 Å². The van der Waals surface area contributed by atoms with Gasteiger partial charge < -0.3 is 14.2 Å². The Kier molecular flexibility index (Phi) is 3.92. The van der Waals surface area contributed by atoms with Gasteiger partial charge in [-0.1, -0.05) is 54.5 Å². The first kappa shape index (κ1) is 15.0. The second-order valence-corrected chi connectivity index (χ2v) is 5.39. The molecular formula is C16H15N3O4. The summed E-state index contributed by atoms with van der Waals surface area (Å²) in [6, 6.07) is 9.19. The van der Waals surface area contributed by atoms with Crippen molar-refractivity contribution in [2.75, 3.05) is 0 Å². The van der Waals surface area contributed by atoms with E-state index in [0.29, 0.717) is 23.0 Å². The highest BCUT2D eigenvalue weighted by molar-refractivity contribution is 5.89. The molecule has 0 amide bonds. The molecule has 0 spiro atoms. The quantitative estimate of drug-likeness (QED) is 0.771. The summed E-state index contributed by atoms with van der Waals surface area (Å²) in [5.74, 6) is 0.274. The fourth-order valence-electron chi connectivity index (χ4n) is 2.18. The molecule has 3 rings (SSSR count). The highest BCUT2D eigenvalue weighted by Gasteiger charge is 2.24. The Labute approximate surface area is 131 Å². The third kappa shape index (κ3) is 2.98. The molecule has 0 unspecified atom stereocenters. The van der Waals surface area contributed by atoms with Crippen molar-refractivity contribution in [3.05, 3.63) is 53.3 Å². The lowest BCUT2D eigenvalue weighted by Gasteiger charge is -2.00. The number of hydrogen-bond donors (Lipinski definition) is 1. The Morgan fingerprint density at radius 2 is 1.91 bits per heavy atom. The molecule has 0 aliphatic rings. The zero-order valence-corrected chi connectivity index (χ0v) is 12.7. The summed E-state index contributed by atoms with van der Waals surface area (Å²) in [7, 11) is 0. The van der Waals surface area contributed by atoms with Gasteiger partial charge in [-0.25, -0.2) is 4.79 Å². The molecule has 118 valence electrons. The monoisotopic (exact) mass is 313 g/mol. The molecule has 23 heavy (non-hydrogen) atoms. The molecule has 0 radical (unpaired) electrons. The summed E-state index contributed by atoms with van der Waals surface area (Å²) in [5, 5.41) is 16.9. The first-order chi connectivity index (χ1) is 11.1. The van der Waals surface area contributed by atoms with Crippen LogP contribution >= 0.6 is 0 Å². The lowest BCUT2D eigenvalue weighted by molar-refractivity contribution is 0.0685. The van der Waals surface area contributed by atoms with Gasteiger partial charge >= 0.3 is 5.97 Å². The maximum atomic E-state index is 11.4. The summed E-state index contributed by atoms with van der Waals surface area (Å²) >= 11 is 0. The van der Waals surface area contributed by atoms with Crippen LogP contribution in [0.3, 0.4) is 0 Å². The molecule has 2 aromatic heterocycles. The smallest absolute Gasteiger partial charge is 0.358 e. The highest BCUT2D eigenvalue weighted by atomic mass is 16.5. The first-order valence-electron chi connectivity index (χ1n) is 7.16. The molecule has 0 aliphatic heterocycles. The second-order valence-electron chi connectivity index (χ2n) is 5.39. The van der Waals surface area contributed by atoms with Crippen LogP contribution in [0.5, 0.6) is 0 Å². The van der Waals surface area contributed by atoms with E-state index in [2.05, 4.69) is 15.3 Å². The minimum atomic E-state index is -1.16. The van der Waals surface area contributed by atoms with Crippen molar-refractivity contribution in [3.63, 3.8) is 0 Å². The van der Waals surface area contributed by atoms with Crippen LogP contribution < -0.4 is 0 Å². The second kappa shape index (κ2) is 6.04. The highest BCUT2D eigenvalue weighted by Crippen LogP contribution is 2.28. The number of carbonyl (C=O) groups is 1. The number of carboxylic acids is 1. The Hall–Kier alpha value is -2.96. The van der Waals surface area contributed by atoms with Gasteiger partial charge in [-0.3, -0.25) is 0 Å². The number of carboxylic acid groups (broad SMARTS) is 1. The van der Waals surface area contributed by atoms with Gasteiger partial charge in [-0.15, -0.1) is 0 Å². The molecule has 7 nitrogen and oxygen atoms in total. The molecule has 1 aromatic carbocycles. The Morgan fingerprint density at radius 1 is 1.17 bits per heavy atom. The van der Waals surface area contributed by atoms with E-state index >= 15 is 0 Å². The van der Waals surface area contributed by atoms with E-state index in [4.69, 9.17) is 9.05 Å². The molecule has 3 aromatic rings. The van der Waals surface area contributed by atoms with Gasteiger partial charge in [0.25, 0.3) is 0 Å². The van der Waals surface area contributed by atoms with E-state index in [1.807, 2.05) is 44.2 Å². The van der Waals surface area contributed by atoms with E-state index in [-0.39, 0.29) is 18.0 Å². The van der Waals surface area contributed by atoms with Crippen LogP contribution in [0.2, 0.25) is 0 Å². The van der Waals surface area contributed by atoms with Gasteiger partial charge in [0.05, 0.1) is 6.42 Å². The average Bonchev–Trinajstić information content (AvgIpc) is 3.16. The lowest BCUT2D eigenvalue weighted by Crippen LogP contribution is -2.03. The minimum absolute atomic E-state index is 0.127. The van der Waals surface area contributed by atoms with Crippen LogP contribution in [0, 0.1) is 0 Å². The van der Waals surface area contributed by atoms with Crippen molar-refractivity contribution in [2.45, 2.75) is 26.2 Å². The molecule has 0 saturated carbocycles. The number of nitrogens with zero attached hydrogens (tertiary/aromatic N) is 3. The van der Waals surface area contributed by atoms with Crippen LogP contribution in [-0.2, 0) is 6.42 Å². The zero-order chi connectivity index (χ0) is 16.4. The van der Waals surface area contributed by atoms with E-state index in [1.165, 1.54) is 0 Å². The van der Waals surface area contributed by atoms with Crippen LogP contribution in [0.4, 0.5) is 0 Å². The van der Waals surface area contributed by atoms with Crippen molar-refractivity contribution in [1.82, 2.24) is 15.3 Å². The summed E-state index contributed by atoms with van der Waals surface area (Å²) in [4.78, 5) is 15.7. The summed E-state index contributed by atoms with van der Waals surface area (Å²) in [6.45, 7) is 3.90. The van der Waals surface area contributed by atoms with Crippen LogP contribution in [0.15, 0.2) is 39.4 Å². The molecular weight excluding hydrogens is 298 g/mol. The maximum absolute atomic E-state index is 11.4. The maximum Gasteiger partial charge on any atom is 0.358 e. The topological polar surface area (TPSA) is 102 Å². The van der Waals surface area contributed by atoms with Crippen LogP contribution in [0.1, 0.15) is 47.5 Å². The number of hydrogen-bond acceptors (Lipinski definition) is 6. The van der Waals surface area contributed by atoms with Gasteiger partial charge in [-0.05, 0) is 0 Å². The average molecular weight is 313 g/mol. The van der Waals surface area contributed by atoms with E-state index in [0.717, 1.165) is 5.56 Å². The number of benzene rings is 1. The Balaban J connectivity index is 2.02. The summed E-state index contributed by atoms with van der Waals surface area (Å²) in [5.41, 5.74) is 1.02. The molecule has 2 heterocycles. The summed E-state index contributed by atoms with van der Waals surface area (Å²) in [6.07, 6.45) is 0.148. The van der Waals surface area contributed by atoms with Crippen molar-refractivity contribution in [3.8, 4) is 11.3 Å².